The lowest BCUT2D eigenvalue weighted by atomic mass is 10.0. The Balaban J connectivity index is 2.34. The predicted molar refractivity (Wildman–Crippen MR) is 64.0 cm³/mol. The Kier molecular flexibility index (Phi) is 3.11. The van der Waals surface area contributed by atoms with Crippen LogP contribution in [0.4, 0.5) is 0 Å². The summed E-state index contributed by atoms with van der Waals surface area (Å²) in [6.45, 7) is 1.80. The molecule has 0 saturated heterocycles. The highest BCUT2D eigenvalue weighted by Gasteiger charge is 2.06. The van der Waals surface area contributed by atoms with Crippen molar-refractivity contribution in [3.05, 3.63) is 68.7 Å². The van der Waals surface area contributed by atoms with Gasteiger partial charge in [-0.2, -0.15) is 0 Å². The van der Waals surface area contributed by atoms with Crippen LogP contribution in [0.1, 0.15) is 16.9 Å². The number of rotatable bonds is 2. The van der Waals surface area contributed by atoms with Gasteiger partial charge in [0.05, 0.1) is 6.26 Å². The van der Waals surface area contributed by atoms with Crippen LogP contribution in [0.2, 0.25) is 5.02 Å². The summed E-state index contributed by atoms with van der Waals surface area (Å²) in [4.78, 5) is 11.6. The summed E-state index contributed by atoms with van der Waals surface area (Å²) in [6.07, 6.45) is 2.00. The lowest BCUT2D eigenvalue weighted by Crippen LogP contribution is -2.09. The van der Waals surface area contributed by atoms with Crippen molar-refractivity contribution in [1.82, 2.24) is 0 Å². The van der Waals surface area contributed by atoms with E-state index in [1.807, 2.05) is 24.3 Å². The number of hydrogen-bond donors (Lipinski definition) is 0. The lowest BCUT2D eigenvalue weighted by Gasteiger charge is -2.03. The van der Waals surface area contributed by atoms with Crippen LogP contribution in [0.15, 0.2) is 45.8 Å². The molecule has 1 aromatic carbocycles. The third-order valence-electron chi connectivity index (χ3n) is 2.48. The van der Waals surface area contributed by atoms with Gasteiger partial charge in [-0.25, -0.2) is 0 Å². The summed E-state index contributed by atoms with van der Waals surface area (Å²) in [7, 11) is 0. The zero-order chi connectivity index (χ0) is 11.5. The van der Waals surface area contributed by atoms with Crippen LogP contribution in [0.25, 0.3) is 0 Å². The van der Waals surface area contributed by atoms with Gasteiger partial charge >= 0.3 is 0 Å². The molecule has 0 saturated carbocycles. The van der Waals surface area contributed by atoms with Gasteiger partial charge in [0, 0.05) is 23.1 Å². The third-order valence-corrected chi connectivity index (χ3v) is 2.73. The molecule has 1 aromatic heterocycles. The SMILES string of the molecule is Cc1occc(=O)c1Cc1ccc(Cl)cc1. The van der Waals surface area contributed by atoms with Gasteiger partial charge < -0.3 is 4.42 Å². The monoisotopic (exact) mass is 234 g/mol. The highest BCUT2D eigenvalue weighted by atomic mass is 35.5. The largest absolute Gasteiger partial charge is 0.469 e. The van der Waals surface area contributed by atoms with E-state index in [1.54, 1.807) is 6.92 Å². The van der Waals surface area contributed by atoms with Gasteiger partial charge in [-0.3, -0.25) is 4.79 Å². The molecule has 0 aliphatic heterocycles. The minimum Gasteiger partial charge on any atom is -0.469 e. The van der Waals surface area contributed by atoms with E-state index < -0.39 is 0 Å². The Morgan fingerprint density at radius 1 is 1.19 bits per heavy atom. The molecule has 2 rings (SSSR count). The first-order valence-corrected chi connectivity index (χ1v) is 5.36. The molecular weight excluding hydrogens is 224 g/mol. The zero-order valence-corrected chi connectivity index (χ0v) is 9.62. The van der Waals surface area contributed by atoms with Crippen LogP contribution in [0, 0.1) is 6.92 Å². The van der Waals surface area contributed by atoms with Crippen LogP contribution in [-0.4, -0.2) is 0 Å². The summed E-state index contributed by atoms with van der Waals surface area (Å²) >= 11 is 5.80. The third kappa shape index (κ3) is 2.34. The fourth-order valence-electron chi connectivity index (χ4n) is 1.56. The van der Waals surface area contributed by atoms with E-state index >= 15 is 0 Å². The fourth-order valence-corrected chi connectivity index (χ4v) is 1.69. The zero-order valence-electron chi connectivity index (χ0n) is 8.87. The minimum atomic E-state index is 0.0127. The van der Waals surface area contributed by atoms with Crippen molar-refractivity contribution in [2.75, 3.05) is 0 Å². The second-order valence-electron chi connectivity index (χ2n) is 3.62. The van der Waals surface area contributed by atoms with Crippen molar-refractivity contribution in [1.29, 1.82) is 0 Å². The topological polar surface area (TPSA) is 30.2 Å². The molecule has 0 fully saturated rings. The molecule has 0 atom stereocenters. The quantitative estimate of drug-likeness (QED) is 0.799. The maximum absolute atomic E-state index is 11.6. The number of aryl methyl sites for hydroxylation is 1. The molecule has 82 valence electrons. The smallest absolute Gasteiger partial charge is 0.188 e. The predicted octanol–water partition coefficient (Wildman–Crippen LogP) is 3.19. The van der Waals surface area contributed by atoms with Gasteiger partial charge in [-0.05, 0) is 24.6 Å². The molecule has 0 amide bonds. The maximum Gasteiger partial charge on any atom is 0.188 e. The molecule has 0 spiro atoms. The Morgan fingerprint density at radius 2 is 1.88 bits per heavy atom. The number of benzene rings is 1. The Morgan fingerprint density at radius 3 is 2.50 bits per heavy atom. The molecule has 2 nitrogen and oxygen atoms in total. The second-order valence-corrected chi connectivity index (χ2v) is 4.06. The van der Waals surface area contributed by atoms with Crippen LogP contribution < -0.4 is 5.43 Å². The highest BCUT2D eigenvalue weighted by molar-refractivity contribution is 6.30. The molecule has 3 heteroatoms. The van der Waals surface area contributed by atoms with E-state index in [0.29, 0.717) is 22.8 Å². The average Bonchev–Trinajstić information content (AvgIpc) is 2.26. The highest BCUT2D eigenvalue weighted by Crippen LogP contribution is 2.13. The van der Waals surface area contributed by atoms with Gasteiger partial charge in [0.2, 0.25) is 0 Å². The van der Waals surface area contributed by atoms with E-state index in [2.05, 4.69) is 0 Å². The van der Waals surface area contributed by atoms with Crippen LogP contribution in [0.3, 0.4) is 0 Å². The Bertz CT molecular complexity index is 541. The molecular formula is C13H11ClO2. The van der Waals surface area contributed by atoms with E-state index in [9.17, 15) is 4.79 Å². The van der Waals surface area contributed by atoms with E-state index in [1.165, 1.54) is 12.3 Å². The molecule has 0 aliphatic rings. The molecule has 1 heterocycles. The van der Waals surface area contributed by atoms with Crippen molar-refractivity contribution in [2.45, 2.75) is 13.3 Å². The van der Waals surface area contributed by atoms with E-state index in [-0.39, 0.29) is 5.43 Å². The molecule has 0 unspecified atom stereocenters. The summed E-state index contributed by atoms with van der Waals surface area (Å²) in [5.41, 5.74) is 1.76. The standard InChI is InChI=1S/C13H11ClO2/c1-9-12(13(15)6-7-16-9)8-10-2-4-11(14)5-3-10/h2-7H,8H2,1H3. The van der Waals surface area contributed by atoms with E-state index in [4.69, 9.17) is 16.0 Å². The fraction of sp³-hybridized carbons (Fsp3) is 0.154. The molecule has 0 bridgehead atoms. The average molecular weight is 235 g/mol. The van der Waals surface area contributed by atoms with Crippen molar-refractivity contribution in [2.24, 2.45) is 0 Å². The van der Waals surface area contributed by atoms with Crippen molar-refractivity contribution in [3.63, 3.8) is 0 Å². The van der Waals surface area contributed by atoms with Gasteiger partial charge in [-0.1, -0.05) is 23.7 Å². The van der Waals surface area contributed by atoms with Crippen molar-refractivity contribution in [3.8, 4) is 0 Å². The van der Waals surface area contributed by atoms with Gasteiger partial charge in [0.15, 0.2) is 5.43 Å². The van der Waals surface area contributed by atoms with Gasteiger partial charge in [0.1, 0.15) is 5.76 Å². The first-order valence-electron chi connectivity index (χ1n) is 4.98. The minimum absolute atomic E-state index is 0.0127. The molecule has 2 aromatic rings. The summed E-state index contributed by atoms with van der Waals surface area (Å²) in [5, 5.41) is 0.695. The van der Waals surface area contributed by atoms with Crippen LogP contribution >= 0.6 is 11.6 Å². The Hall–Kier alpha value is -1.54. The molecule has 16 heavy (non-hydrogen) atoms. The van der Waals surface area contributed by atoms with Crippen LogP contribution in [0.5, 0.6) is 0 Å². The number of hydrogen-bond acceptors (Lipinski definition) is 2. The molecule has 0 aliphatic carbocycles. The Labute approximate surface area is 98.5 Å². The molecule has 0 N–H and O–H groups in total. The van der Waals surface area contributed by atoms with Gasteiger partial charge in [0.25, 0.3) is 0 Å². The van der Waals surface area contributed by atoms with Crippen molar-refractivity contribution >= 4 is 11.6 Å². The number of halogens is 1. The van der Waals surface area contributed by atoms with E-state index in [0.717, 1.165) is 5.56 Å². The summed E-state index contributed by atoms with van der Waals surface area (Å²) < 4.78 is 5.21. The maximum atomic E-state index is 11.6. The summed E-state index contributed by atoms with van der Waals surface area (Å²) in [5.74, 6) is 0.669. The van der Waals surface area contributed by atoms with Crippen LogP contribution in [-0.2, 0) is 6.42 Å². The first-order chi connectivity index (χ1) is 7.66. The molecule has 0 radical (unpaired) electrons. The normalized spacial score (nSPS) is 10.4. The van der Waals surface area contributed by atoms with Gasteiger partial charge in [-0.15, -0.1) is 0 Å². The summed E-state index contributed by atoms with van der Waals surface area (Å²) in [6, 6.07) is 8.90. The van der Waals surface area contributed by atoms with Crippen molar-refractivity contribution < 1.29 is 4.42 Å². The first kappa shape index (κ1) is 11.0. The second kappa shape index (κ2) is 4.54. The lowest BCUT2D eigenvalue weighted by molar-refractivity contribution is 0.507.